The average molecular weight is 201 g/mol. The van der Waals surface area contributed by atoms with Gasteiger partial charge in [-0.05, 0) is 46.3 Å². The molecule has 0 saturated carbocycles. The molecule has 4 heteroatoms. The Balaban J connectivity index is 3.90. The number of rotatable bonds is 2. The molecule has 0 radical (unpaired) electrons. The van der Waals surface area contributed by atoms with E-state index in [2.05, 4.69) is 43.5 Å². The lowest BCUT2D eigenvalue weighted by Crippen LogP contribution is -2.44. The Kier molecular flexibility index (Phi) is 4.91. The van der Waals surface area contributed by atoms with Gasteiger partial charge in [0.15, 0.2) is 5.11 Å². The van der Waals surface area contributed by atoms with E-state index in [1.807, 2.05) is 6.92 Å². The third-order valence-corrected chi connectivity index (χ3v) is 1.54. The Labute approximate surface area is 86.0 Å². The maximum absolute atomic E-state index is 5.04. The van der Waals surface area contributed by atoms with E-state index in [1.165, 1.54) is 0 Å². The lowest BCUT2D eigenvalue weighted by Gasteiger charge is -2.21. The minimum absolute atomic E-state index is 0.0142. The normalized spacial score (nSPS) is 12.5. The molecule has 0 aromatic carbocycles. The van der Waals surface area contributed by atoms with Crippen LogP contribution in [0.3, 0.4) is 0 Å². The number of thiocarbonyl (C=S) groups is 1. The summed E-state index contributed by atoms with van der Waals surface area (Å²) in [5.74, 6) is 0. The number of nitrogens with one attached hydrogen (secondary N) is 2. The first-order valence-corrected chi connectivity index (χ1v) is 4.87. The van der Waals surface area contributed by atoms with Crippen LogP contribution in [0.15, 0.2) is 5.10 Å². The van der Waals surface area contributed by atoms with Gasteiger partial charge >= 0.3 is 0 Å². The molecule has 0 aliphatic carbocycles. The van der Waals surface area contributed by atoms with Crippen molar-refractivity contribution in [3.63, 3.8) is 0 Å². The molecule has 0 spiro atoms. The van der Waals surface area contributed by atoms with Gasteiger partial charge in [-0.2, -0.15) is 5.10 Å². The average Bonchev–Trinajstić information content (AvgIpc) is 1.97. The van der Waals surface area contributed by atoms with Crippen LogP contribution in [0.5, 0.6) is 0 Å². The Morgan fingerprint density at radius 1 is 1.38 bits per heavy atom. The summed E-state index contributed by atoms with van der Waals surface area (Å²) in [5, 5.41) is 7.77. The van der Waals surface area contributed by atoms with Crippen LogP contribution >= 0.6 is 12.2 Å². The monoisotopic (exact) mass is 201 g/mol. The number of nitrogens with zero attached hydrogens (tertiary/aromatic N) is 1. The molecule has 0 saturated heterocycles. The quantitative estimate of drug-likeness (QED) is 0.408. The first-order chi connectivity index (χ1) is 5.85. The van der Waals surface area contributed by atoms with Crippen LogP contribution < -0.4 is 10.7 Å². The molecular formula is C9H19N3S. The van der Waals surface area contributed by atoms with Crippen molar-refractivity contribution < 1.29 is 0 Å². The lowest BCUT2D eigenvalue weighted by molar-refractivity contribution is 0.508. The van der Waals surface area contributed by atoms with Crippen molar-refractivity contribution in [1.29, 1.82) is 0 Å². The highest BCUT2D eigenvalue weighted by Crippen LogP contribution is 1.97. The van der Waals surface area contributed by atoms with Crippen LogP contribution in [-0.4, -0.2) is 16.4 Å². The van der Waals surface area contributed by atoms with Crippen molar-refractivity contribution in [3.05, 3.63) is 0 Å². The van der Waals surface area contributed by atoms with Crippen LogP contribution in [-0.2, 0) is 0 Å². The van der Waals surface area contributed by atoms with Gasteiger partial charge in [-0.25, -0.2) is 0 Å². The zero-order valence-corrected chi connectivity index (χ0v) is 9.88. The summed E-state index contributed by atoms with van der Waals surface area (Å²) in [6.45, 7) is 10.2. The highest BCUT2D eigenvalue weighted by Gasteiger charge is 2.09. The zero-order valence-electron chi connectivity index (χ0n) is 9.06. The molecule has 13 heavy (non-hydrogen) atoms. The van der Waals surface area contributed by atoms with Gasteiger partial charge in [0, 0.05) is 11.3 Å². The van der Waals surface area contributed by atoms with Gasteiger partial charge in [0.1, 0.15) is 0 Å². The van der Waals surface area contributed by atoms with Gasteiger partial charge in [0.2, 0.25) is 0 Å². The van der Waals surface area contributed by atoms with Crippen molar-refractivity contribution in [2.24, 2.45) is 5.10 Å². The fraction of sp³-hybridized carbons (Fsp3) is 0.778. The van der Waals surface area contributed by atoms with E-state index in [-0.39, 0.29) is 5.54 Å². The van der Waals surface area contributed by atoms with Crippen molar-refractivity contribution in [1.82, 2.24) is 10.7 Å². The van der Waals surface area contributed by atoms with E-state index in [0.717, 1.165) is 12.1 Å². The van der Waals surface area contributed by atoms with Crippen molar-refractivity contribution in [2.75, 3.05) is 0 Å². The minimum Gasteiger partial charge on any atom is -0.357 e. The molecule has 76 valence electrons. The Bertz CT molecular complexity index is 203. The Morgan fingerprint density at radius 2 is 1.92 bits per heavy atom. The Hall–Kier alpha value is -0.640. The predicted molar refractivity (Wildman–Crippen MR) is 62.0 cm³/mol. The Morgan fingerprint density at radius 3 is 2.31 bits per heavy atom. The summed E-state index contributed by atoms with van der Waals surface area (Å²) >= 11 is 5.04. The molecule has 0 unspecified atom stereocenters. The van der Waals surface area contributed by atoms with Gasteiger partial charge in [-0.1, -0.05) is 6.92 Å². The van der Waals surface area contributed by atoms with Gasteiger partial charge in [0.25, 0.3) is 0 Å². The standard InChI is InChI=1S/C9H19N3S/c1-6-7(2)11-12-8(13)10-9(3,4)5/h6H2,1-5H3,(H2,10,12,13)/b11-7+. The minimum atomic E-state index is -0.0142. The van der Waals surface area contributed by atoms with E-state index in [1.54, 1.807) is 0 Å². The number of hydrogen-bond donors (Lipinski definition) is 2. The first kappa shape index (κ1) is 12.4. The molecule has 0 heterocycles. The highest BCUT2D eigenvalue weighted by molar-refractivity contribution is 7.80. The van der Waals surface area contributed by atoms with Crippen molar-refractivity contribution >= 4 is 23.0 Å². The molecular weight excluding hydrogens is 182 g/mol. The molecule has 0 aromatic heterocycles. The molecule has 0 amide bonds. The molecule has 0 aliphatic rings. The van der Waals surface area contributed by atoms with E-state index in [9.17, 15) is 0 Å². The summed E-state index contributed by atoms with van der Waals surface area (Å²) in [6, 6.07) is 0. The number of hydrogen-bond acceptors (Lipinski definition) is 2. The predicted octanol–water partition coefficient (Wildman–Crippen LogP) is 2.03. The van der Waals surface area contributed by atoms with Crippen molar-refractivity contribution in [3.8, 4) is 0 Å². The maximum Gasteiger partial charge on any atom is 0.187 e. The fourth-order valence-electron chi connectivity index (χ4n) is 0.594. The smallest absolute Gasteiger partial charge is 0.187 e. The summed E-state index contributed by atoms with van der Waals surface area (Å²) < 4.78 is 0. The lowest BCUT2D eigenvalue weighted by atomic mass is 10.1. The van der Waals surface area contributed by atoms with Crippen LogP contribution in [0.4, 0.5) is 0 Å². The highest BCUT2D eigenvalue weighted by atomic mass is 32.1. The van der Waals surface area contributed by atoms with Crippen LogP contribution in [0.2, 0.25) is 0 Å². The van der Waals surface area contributed by atoms with Gasteiger partial charge < -0.3 is 5.32 Å². The van der Waals surface area contributed by atoms with E-state index < -0.39 is 0 Å². The second kappa shape index (κ2) is 5.17. The van der Waals surface area contributed by atoms with Crippen LogP contribution in [0, 0.1) is 0 Å². The first-order valence-electron chi connectivity index (χ1n) is 4.46. The topological polar surface area (TPSA) is 36.4 Å². The SMILES string of the molecule is CC/C(C)=N/NC(=S)NC(C)(C)C. The molecule has 0 bridgehead atoms. The summed E-state index contributed by atoms with van der Waals surface area (Å²) in [5.41, 5.74) is 3.82. The van der Waals surface area contributed by atoms with Gasteiger partial charge in [-0.3, -0.25) is 5.43 Å². The fourth-order valence-corrected chi connectivity index (χ4v) is 0.946. The van der Waals surface area contributed by atoms with E-state index in [4.69, 9.17) is 12.2 Å². The summed E-state index contributed by atoms with van der Waals surface area (Å²) in [6.07, 6.45) is 0.936. The zero-order chi connectivity index (χ0) is 10.5. The van der Waals surface area contributed by atoms with Crippen molar-refractivity contribution in [2.45, 2.75) is 46.6 Å². The second-order valence-corrected chi connectivity index (χ2v) is 4.42. The summed E-state index contributed by atoms with van der Waals surface area (Å²) in [7, 11) is 0. The third-order valence-electron chi connectivity index (χ3n) is 1.35. The molecule has 3 nitrogen and oxygen atoms in total. The second-order valence-electron chi connectivity index (χ2n) is 4.02. The molecule has 0 atom stereocenters. The maximum atomic E-state index is 5.04. The van der Waals surface area contributed by atoms with Crippen LogP contribution in [0.25, 0.3) is 0 Å². The van der Waals surface area contributed by atoms with Gasteiger partial charge in [0.05, 0.1) is 0 Å². The van der Waals surface area contributed by atoms with Crippen LogP contribution in [0.1, 0.15) is 41.0 Å². The van der Waals surface area contributed by atoms with E-state index in [0.29, 0.717) is 5.11 Å². The largest absolute Gasteiger partial charge is 0.357 e. The molecule has 0 aromatic rings. The van der Waals surface area contributed by atoms with Gasteiger partial charge in [-0.15, -0.1) is 0 Å². The summed E-state index contributed by atoms with van der Waals surface area (Å²) in [4.78, 5) is 0. The molecule has 0 rings (SSSR count). The molecule has 0 aliphatic heterocycles. The third kappa shape index (κ3) is 7.71. The van der Waals surface area contributed by atoms with E-state index >= 15 is 0 Å². The molecule has 2 N–H and O–H groups in total. The molecule has 0 fully saturated rings. The number of hydrazone groups is 1.